The Balaban J connectivity index is 2.11. The van der Waals surface area contributed by atoms with Crippen molar-refractivity contribution in [2.75, 3.05) is 37.6 Å². The number of allylic oxidation sites excluding steroid dienone is 1. The largest absolute Gasteiger partial charge is 0.465 e. The zero-order valence-electron chi connectivity index (χ0n) is 20.9. The highest BCUT2D eigenvalue weighted by atomic mass is 16.4. The van der Waals surface area contributed by atoms with E-state index in [9.17, 15) is 19.5 Å². The molecule has 34 heavy (non-hydrogen) atoms. The molecule has 1 unspecified atom stereocenters. The molecule has 0 radical (unpaired) electrons. The third-order valence-electron chi connectivity index (χ3n) is 6.16. The maximum absolute atomic E-state index is 13.8. The van der Waals surface area contributed by atoms with Gasteiger partial charge in [-0.05, 0) is 38.5 Å². The van der Waals surface area contributed by atoms with Crippen molar-refractivity contribution in [1.29, 1.82) is 0 Å². The summed E-state index contributed by atoms with van der Waals surface area (Å²) < 4.78 is 5.48. The lowest BCUT2D eigenvalue weighted by Crippen LogP contribution is -2.61. The standard InChI is InChI=1S/C26H35N3O5/c1-17(2)9-10-29(19-7-8-20-18(3)15-22(30)34-21(20)16-19)24(23(31)26(4,5)6)27-11-13-28(14-12-27)25(32)33/h7-9,15-16,24H,10-14H2,1-6H3,(H,32,33). The number of Topliss-reactive ketones (excluding diaryl/α,β-unsaturated/α-hetero) is 1. The predicted octanol–water partition coefficient (Wildman–Crippen LogP) is 4.11. The summed E-state index contributed by atoms with van der Waals surface area (Å²) in [5.74, 6) is 0.0456. The fraction of sp³-hybridized carbons (Fsp3) is 0.500. The molecule has 0 spiro atoms. The van der Waals surface area contributed by atoms with E-state index in [0.29, 0.717) is 38.3 Å². The molecule has 0 saturated carbocycles. The van der Waals surface area contributed by atoms with Crippen molar-refractivity contribution in [1.82, 2.24) is 9.80 Å². The van der Waals surface area contributed by atoms with Crippen LogP contribution < -0.4 is 10.5 Å². The third-order valence-corrected chi connectivity index (χ3v) is 6.16. The molecule has 1 N–H and O–H groups in total. The van der Waals surface area contributed by atoms with Crippen LogP contribution in [0.4, 0.5) is 10.5 Å². The van der Waals surface area contributed by atoms with Gasteiger partial charge in [-0.15, -0.1) is 0 Å². The van der Waals surface area contributed by atoms with Gasteiger partial charge in [-0.1, -0.05) is 32.4 Å². The monoisotopic (exact) mass is 469 g/mol. The van der Waals surface area contributed by atoms with Crippen LogP contribution in [0.5, 0.6) is 0 Å². The number of fused-ring (bicyclic) bond motifs is 1. The molecule has 1 fully saturated rings. The number of hydrogen-bond acceptors (Lipinski definition) is 6. The number of anilines is 1. The van der Waals surface area contributed by atoms with Gasteiger partial charge in [0.15, 0.2) is 5.78 Å². The molecular formula is C26H35N3O5. The van der Waals surface area contributed by atoms with Crippen molar-refractivity contribution in [2.45, 2.75) is 47.7 Å². The first-order valence-corrected chi connectivity index (χ1v) is 11.6. The highest BCUT2D eigenvalue weighted by Gasteiger charge is 2.39. The molecule has 1 amide bonds. The first-order valence-electron chi connectivity index (χ1n) is 11.6. The van der Waals surface area contributed by atoms with Crippen LogP contribution in [0.3, 0.4) is 0 Å². The number of carboxylic acid groups (broad SMARTS) is 1. The molecule has 8 nitrogen and oxygen atoms in total. The maximum atomic E-state index is 13.8. The summed E-state index contributed by atoms with van der Waals surface area (Å²) in [5, 5.41) is 10.2. The fourth-order valence-corrected chi connectivity index (χ4v) is 4.17. The minimum Gasteiger partial charge on any atom is -0.465 e. The van der Waals surface area contributed by atoms with Crippen molar-refractivity contribution < 1.29 is 19.1 Å². The van der Waals surface area contributed by atoms with Crippen LogP contribution in [0.25, 0.3) is 11.0 Å². The topological polar surface area (TPSA) is 94.3 Å². The van der Waals surface area contributed by atoms with Gasteiger partial charge >= 0.3 is 11.7 Å². The lowest BCUT2D eigenvalue weighted by molar-refractivity contribution is -0.132. The van der Waals surface area contributed by atoms with Crippen LogP contribution in [0, 0.1) is 12.3 Å². The lowest BCUT2D eigenvalue weighted by atomic mass is 9.87. The molecule has 1 aliphatic heterocycles. The Kier molecular flexibility index (Phi) is 7.51. The number of aryl methyl sites for hydroxylation is 1. The summed E-state index contributed by atoms with van der Waals surface area (Å²) >= 11 is 0. The van der Waals surface area contributed by atoms with E-state index in [1.165, 1.54) is 11.0 Å². The SMILES string of the molecule is CC(C)=CCN(c1ccc2c(C)cc(=O)oc2c1)C(C(=O)C(C)(C)C)N1CCN(C(=O)O)CC1. The van der Waals surface area contributed by atoms with Gasteiger partial charge in [0.05, 0.1) is 0 Å². The second-order valence-corrected chi connectivity index (χ2v) is 10.2. The summed E-state index contributed by atoms with van der Waals surface area (Å²) in [4.78, 5) is 42.7. The molecule has 1 aromatic heterocycles. The Hall–Kier alpha value is -3.13. The van der Waals surface area contributed by atoms with E-state index >= 15 is 0 Å². The first kappa shape index (κ1) is 25.5. The van der Waals surface area contributed by atoms with E-state index in [1.54, 1.807) is 0 Å². The van der Waals surface area contributed by atoms with E-state index in [1.807, 2.05) is 64.6 Å². The molecular weight excluding hydrogens is 434 g/mol. The Morgan fingerprint density at radius 3 is 2.35 bits per heavy atom. The Labute approximate surface area is 200 Å². The Morgan fingerprint density at radius 2 is 1.79 bits per heavy atom. The van der Waals surface area contributed by atoms with Crippen LogP contribution in [0.15, 0.2) is 45.1 Å². The summed E-state index contributed by atoms with van der Waals surface area (Å²) in [7, 11) is 0. The Bertz CT molecular complexity index is 1150. The zero-order chi connectivity index (χ0) is 25.2. The number of rotatable bonds is 6. The molecule has 0 aliphatic carbocycles. The molecule has 3 rings (SSSR count). The molecule has 8 heteroatoms. The van der Waals surface area contributed by atoms with Gasteiger partial charge in [0.1, 0.15) is 11.7 Å². The van der Waals surface area contributed by atoms with E-state index in [0.717, 1.165) is 22.2 Å². The zero-order valence-corrected chi connectivity index (χ0v) is 20.9. The van der Waals surface area contributed by atoms with Crippen LogP contribution >= 0.6 is 0 Å². The quantitative estimate of drug-likeness (QED) is 0.502. The fourth-order valence-electron chi connectivity index (χ4n) is 4.17. The third kappa shape index (κ3) is 5.67. The Morgan fingerprint density at radius 1 is 1.15 bits per heavy atom. The molecule has 2 aromatic rings. The van der Waals surface area contributed by atoms with Gasteiger partial charge in [0.25, 0.3) is 0 Å². The number of ketones is 1. The number of hydrogen-bond donors (Lipinski definition) is 1. The lowest BCUT2D eigenvalue weighted by Gasteiger charge is -2.45. The van der Waals surface area contributed by atoms with Gasteiger partial charge in [-0.3, -0.25) is 9.69 Å². The normalized spacial score (nSPS) is 15.8. The van der Waals surface area contributed by atoms with Crippen molar-refractivity contribution in [2.24, 2.45) is 5.41 Å². The average Bonchev–Trinajstić information content (AvgIpc) is 2.75. The minimum atomic E-state index is -0.945. The molecule has 0 bridgehead atoms. The number of carbonyl (C=O) groups is 2. The molecule has 1 saturated heterocycles. The first-order chi connectivity index (χ1) is 15.9. The maximum Gasteiger partial charge on any atom is 0.407 e. The predicted molar refractivity (Wildman–Crippen MR) is 133 cm³/mol. The van der Waals surface area contributed by atoms with Gasteiger partial charge < -0.3 is 19.3 Å². The minimum absolute atomic E-state index is 0.0456. The van der Waals surface area contributed by atoms with Crippen molar-refractivity contribution in [3.63, 3.8) is 0 Å². The smallest absolute Gasteiger partial charge is 0.407 e. The number of nitrogens with zero attached hydrogens (tertiary/aromatic N) is 3. The molecule has 1 aromatic carbocycles. The van der Waals surface area contributed by atoms with Crippen LogP contribution in [-0.4, -0.2) is 65.7 Å². The highest BCUT2D eigenvalue weighted by molar-refractivity contribution is 5.92. The summed E-state index contributed by atoms with van der Waals surface area (Å²) in [6.45, 7) is 13.6. The van der Waals surface area contributed by atoms with Gasteiger partial charge in [-0.25, -0.2) is 9.59 Å². The second kappa shape index (κ2) is 10.0. The average molecular weight is 470 g/mol. The molecule has 2 heterocycles. The molecule has 184 valence electrons. The van der Waals surface area contributed by atoms with Gasteiger partial charge in [-0.2, -0.15) is 0 Å². The number of carbonyl (C=O) groups excluding carboxylic acids is 1. The van der Waals surface area contributed by atoms with Gasteiger partial charge in [0.2, 0.25) is 0 Å². The van der Waals surface area contributed by atoms with Crippen molar-refractivity contribution >= 4 is 28.5 Å². The van der Waals surface area contributed by atoms with Crippen LogP contribution in [0.2, 0.25) is 0 Å². The highest BCUT2D eigenvalue weighted by Crippen LogP contribution is 2.30. The van der Waals surface area contributed by atoms with Gasteiger partial charge in [0, 0.05) is 61.3 Å². The molecule has 1 atom stereocenters. The molecule has 1 aliphatic rings. The number of piperazine rings is 1. The van der Waals surface area contributed by atoms with E-state index in [4.69, 9.17) is 4.42 Å². The van der Waals surface area contributed by atoms with Crippen molar-refractivity contribution in [3.05, 3.63) is 51.9 Å². The number of amides is 1. The number of benzene rings is 1. The van der Waals surface area contributed by atoms with E-state index < -0.39 is 23.3 Å². The van der Waals surface area contributed by atoms with E-state index in [2.05, 4.69) is 11.0 Å². The van der Waals surface area contributed by atoms with E-state index in [-0.39, 0.29) is 5.78 Å². The summed E-state index contributed by atoms with van der Waals surface area (Å²) in [5.41, 5.74) is 2.17. The second-order valence-electron chi connectivity index (χ2n) is 10.2. The van der Waals surface area contributed by atoms with Crippen molar-refractivity contribution in [3.8, 4) is 0 Å². The summed E-state index contributed by atoms with van der Waals surface area (Å²) in [6.07, 6.45) is 0.521. The van der Waals surface area contributed by atoms with Crippen LogP contribution in [0.1, 0.15) is 40.2 Å². The van der Waals surface area contributed by atoms with Crippen LogP contribution in [-0.2, 0) is 4.79 Å². The summed E-state index contributed by atoms with van der Waals surface area (Å²) in [6, 6.07) is 7.15.